The van der Waals surface area contributed by atoms with E-state index >= 15 is 0 Å². The standard InChI is InChI=1S/C13H27N3/c1-11(2)15-13(6,8-14)10-16(7)9-12(3,4)5/h11,15H,9-10H2,1-7H3. The van der Waals surface area contributed by atoms with Gasteiger partial charge in [-0.3, -0.25) is 5.32 Å². The van der Waals surface area contributed by atoms with E-state index in [4.69, 9.17) is 0 Å². The number of hydrogen-bond donors (Lipinski definition) is 1. The summed E-state index contributed by atoms with van der Waals surface area (Å²) < 4.78 is 0. The average molecular weight is 225 g/mol. The van der Waals surface area contributed by atoms with E-state index in [0.717, 1.165) is 13.1 Å². The minimum atomic E-state index is -0.464. The van der Waals surface area contributed by atoms with Crippen LogP contribution >= 0.6 is 0 Å². The second-order valence-electron chi connectivity index (χ2n) is 6.48. The molecule has 1 atom stereocenters. The molecular formula is C13H27N3. The maximum atomic E-state index is 9.24. The molecule has 3 heteroatoms. The second kappa shape index (κ2) is 5.65. The van der Waals surface area contributed by atoms with Gasteiger partial charge in [0.2, 0.25) is 0 Å². The number of nitrogens with one attached hydrogen (secondary N) is 1. The molecule has 1 unspecified atom stereocenters. The van der Waals surface area contributed by atoms with E-state index in [1.165, 1.54) is 0 Å². The maximum absolute atomic E-state index is 9.24. The first kappa shape index (κ1) is 15.4. The minimum Gasteiger partial charge on any atom is -0.303 e. The van der Waals surface area contributed by atoms with Crippen LogP contribution in [0.3, 0.4) is 0 Å². The largest absolute Gasteiger partial charge is 0.303 e. The first-order valence-corrected chi connectivity index (χ1v) is 5.95. The third-order valence-electron chi connectivity index (χ3n) is 2.18. The SMILES string of the molecule is CC(C)NC(C)(C#N)CN(C)CC(C)(C)C. The molecule has 0 aromatic rings. The van der Waals surface area contributed by atoms with Crippen LogP contribution < -0.4 is 5.32 Å². The normalized spacial score (nSPS) is 16.2. The number of nitrogens with zero attached hydrogens (tertiary/aromatic N) is 2. The van der Waals surface area contributed by atoms with Gasteiger partial charge in [0.05, 0.1) is 6.07 Å². The fraction of sp³-hybridized carbons (Fsp3) is 0.923. The lowest BCUT2D eigenvalue weighted by atomic mass is 9.95. The molecular weight excluding hydrogens is 198 g/mol. The molecule has 0 aliphatic rings. The molecule has 0 saturated heterocycles. The van der Waals surface area contributed by atoms with E-state index in [1.807, 2.05) is 6.92 Å². The minimum absolute atomic E-state index is 0.267. The van der Waals surface area contributed by atoms with Gasteiger partial charge < -0.3 is 4.90 Å². The van der Waals surface area contributed by atoms with Gasteiger partial charge in [0, 0.05) is 19.1 Å². The smallest absolute Gasteiger partial charge is 0.116 e. The predicted molar refractivity (Wildman–Crippen MR) is 69.2 cm³/mol. The summed E-state index contributed by atoms with van der Waals surface area (Å²) in [5.74, 6) is 0. The summed E-state index contributed by atoms with van der Waals surface area (Å²) in [6.07, 6.45) is 0. The summed E-state index contributed by atoms with van der Waals surface area (Å²) in [6, 6.07) is 2.70. The predicted octanol–water partition coefficient (Wildman–Crippen LogP) is 2.24. The Kier molecular flexibility index (Phi) is 5.44. The monoisotopic (exact) mass is 225 g/mol. The zero-order valence-electron chi connectivity index (χ0n) is 11.9. The lowest BCUT2D eigenvalue weighted by molar-refractivity contribution is 0.189. The number of rotatable bonds is 5. The lowest BCUT2D eigenvalue weighted by Gasteiger charge is -2.33. The third kappa shape index (κ3) is 6.81. The molecule has 0 aliphatic carbocycles. The van der Waals surface area contributed by atoms with Crippen LogP contribution in [0.15, 0.2) is 0 Å². The number of nitriles is 1. The number of hydrogen-bond acceptors (Lipinski definition) is 3. The fourth-order valence-corrected chi connectivity index (χ4v) is 2.16. The zero-order chi connectivity index (χ0) is 13.0. The Hall–Kier alpha value is -0.590. The Balaban J connectivity index is 4.38. The molecule has 0 bridgehead atoms. The molecule has 0 amide bonds. The van der Waals surface area contributed by atoms with Crippen LogP contribution in [0.5, 0.6) is 0 Å². The molecule has 94 valence electrons. The van der Waals surface area contributed by atoms with Gasteiger partial charge in [-0.05, 0) is 33.2 Å². The highest BCUT2D eigenvalue weighted by Crippen LogP contribution is 2.16. The highest BCUT2D eigenvalue weighted by molar-refractivity contribution is 5.06. The van der Waals surface area contributed by atoms with Crippen molar-refractivity contribution < 1.29 is 0 Å². The molecule has 1 N–H and O–H groups in total. The van der Waals surface area contributed by atoms with Crippen molar-refractivity contribution in [3.05, 3.63) is 0 Å². The summed E-state index contributed by atoms with van der Waals surface area (Å²) in [6.45, 7) is 14.5. The topological polar surface area (TPSA) is 39.1 Å². The summed E-state index contributed by atoms with van der Waals surface area (Å²) in [5.41, 5.74) is -0.197. The molecule has 0 rings (SSSR count). The molecule has 3 nitrogen and oxygen atoms in total. The van der Waals surface area contributed by atoms with Crippen molar-refractivity contribution in [3.63, 3.8) is 0 Å². The Bertz CT molecular complexity index is 247. The third-order valence-corrected chi connectivity index (χ3v) is 2.18. The lowest BCUT2D eigenvalue weighted by Crippen LogP contribution is -2.53. The Morgan fingerprint density at radius 3 is 2.00 bits per heavy atom. The quantitative estimate of drug-likeness (QED) is 0.780. The van der Waals surface area contributed by atoms with Crippen LogP contribution in [0, 0.1) is 16.7 Å². The Morgan fingerprint density at radius 1 is 1.19 bits per heavy atom. The van der Waals surface area contributed by atoms with Gasteiger partial charge in [-0.2, -0.15) is 5.26 Å². The summed E-state index contributed by atoms with van der Waals surface area (Å²) in [7, 11) is 2.07. The summed E-state index contributed by atoms with van der Waals surface area (Å²) in [4.78, 5) is 2.22. The Labute approximate surface area is 101 Å². The molecule has 0 radical (unpaired) electrons. The molecule has 16 heavy (non-hydrogen) atoms. The number of likely N-dealkylation sites (N-methyl/N-ethyl adjacent to an activating group) is 1. The van der Waals surface area contributed by atoms with Crippen LogP contribution in [0.4, 0.5) is 0 Å². The van der Waals surface area contributed by atoms with Crippen molar-refractivity contribution in [2.45, 2.75) is 53.1 Å². The Morgan fingerprint density at radius 2 is 1.69 bits per heavy atom. The van der Waals surface area contributed by atoms with Crippen LogP contribution in [-0.2, 0) is 0 Å². The van der Waals surface area contributed by atoms with E-state index in [2.05, 4.69) is 58.0 Å². The van der Waals surface area contributed by atoms with Crippen molar-refractivity contribution in [1.82, 2.24) is 10.2 Å². The molecule has 0 aromatic carbocycles. The molecule has 0 saturated carbocycles. The second-order valence-corrected chi connectivity index (χ2v) is 6.48. The molecule has 0 heterocycles. The molecule has 0 spiro atoms. The van der Waals surface area contributed by atoms with Crippen molar-refractivity contribution in [3.8, 4) is 6.07 Å². The van der Waals surface area contributed by atoms with Crippen LogP contribution in [0.2, 0.25) is 0 Å². The molecule has 0 aromatic heterocycles. The van der Waals surface area contributed by atoms with Crippen molar-refractivity contribution in [2.24, 2.45) is 5.41 Å². The van der Waals surface area contributed by atoms with E-state index in [1.54, 1.807) is 0 Å². The maximum Gasteiger partial charge on any atom is 0.116 e. The summed E-state index contributed by atoms with van der Waals surface area (Å²) >= 11 is 0. The van der Waals surface area contributed by atoms with E-state index in [0.29, 0.717) is 6.04 Å². The van der Waals surface area contributed by atoms with Gasteiger partial charge in [-0.25, -0.2) is 0 Å². The zero-order valence-corrected chi connectivity index (χ0v) is 11.9. The van der Waals surface area contributed by atoms with Crippen LogP contribution in [0.1, 0.15) is 41.5 Å². The highest BCUT2D eigenvalue weighted by Gasteiger charge is 2.27. The van der Waals surface area contributed by atoms with E-state index < -0.39 is 5.54 Å². The van der Waals surface area contributed by atoms with Crippen molar-refractivity contribution >= 4 is 0 Å². The van der Waals surface area contributed by atoms with Crippen LogP contribution in [0.25, 0.3) is 0 Å². The van der Waals surface area contributed by atoms with E-state index in [9.17, 15) is 5.26 Å². The average Bonchev–Trinajstić information content (AvgIpc) is 1.98. The molecule has 0 aliphatic heterocycles. The van der Waals surface area contributed by atoms with E-state index in [-0.39, 0.29) is 5.41 Å². The van der Waals surface area contributed by atoms with Gasteiger partial charge in [0.15, 0.2) is 0 Å². The highest BCUT2D eigenvalue weighted by atomic mass is 15.2. The van der Waals surface area contributed by atoms with Gasteiger partial charge >= 0.3 is 0 Å². The molecule has 0 fully saturated rings. The van der Waals surface area contributed by atoms with Gasteiger partial charge in [-0.15, -0.1) is 0 Å². The van der Waals surface area contributed by atoms with Crippen molar-refractivity contribution in [2.75, 3.05) is 20.1 Å². The van der Waals surface area contributed by atoms with Crippen molar-refractivity contribution in [1.29, 1.82) is 5.26 Å². The first-order chi connectivity index (χ1) is 7.08. The first-order valence-electron chi connectivity index (χ1n) is 5.95. The summed E-state index contributed by atoms with van der Waals surface area (Å²) in [5, 5.41) is 12.6. The van der Waals surface area contributed by atoms with Gasteiger partial charge in [-0.1, -0.05) is 20.8 Å². The van der Waals surface area contributed by atoms with Gasteiger partial charge in [0.1, 0.15) is 5.54 Å². The van der Waals surface area contributed by atoms with Gasteiger partial charge in [0.25, 0.3) is 0 Å². The van der Waals surface area contributed by atoms with Crippen LogP contribution in [-0.4, -0.2) is 36.6 Å². The fourth-order valence-electron chi connectivity index (χ4n) is 2.16.